The first-order valence-corrected chi connectivity index (χ1v) is 10.3. The van der Waals surface area contributed by atoms with Gasteiger partial charge in [0.1, 0.15) is 6.23 Å². The number of rotatable bonds is 5. The lowest BCUT2D eigenvalue weighted by Crippen LogP contribution is -2.45. The van der Waals surface area contributed by atoms with Crippen LogP contribution in [0.3, 0.4) is 0 Å². The third kappa shape index (κ3) is 3.35. The second-order valence-corrected chi connectivity index (χ2v) is 8.51. The van der Waals surface area contributed by atoms with Gasteiger partial charge in [-0.05, 0) is 31.0 Å². The van der Waals surface area contributed by atoms with E-state index in [4.69, 9.17) is 42.3 Å². The molecule has 0 radical (unpaired) electrons. The van der Waals surface area contributed by atoms with Crippen LogP contribution in [-0.2, 0) is 23.8 Å². The Labute approximate surface area is 177 Å². The van der Waals surface area contributed by atoms with Gasteiger partial charge in [-0.15, -0.1) is 0 Å². The summed E-state index contributed by atoms with van der Waals surface area (Å²) in [4.78, 5) is 17.5. The van der Waals surface area contributed by atoms with Gasteiger partial charge in [-0.1, -0.05) is 40.5 Å². The molecule has 7 nitrogen and oxygen atoms in total. The monoisotopic (exact) mass is 438 g/mol. The molecule has 5 rings (SSSR count). The average Bonchev–Trinajstić information content (AvgIpc) is 3.04. The van der Waals surface area contributed by atoms with Crippen molar-refractivity contribution >= 4 is 34.9 Å². The van der Waals surface area contributed by atoms with Gasteiger partial charge in [0.2, 0.25) is 0 Å². The number of carbonyl (C=O) groups is 1. The molecule has 2 fully saturated rings. The molecule has 3 aliphatic heterocycles. The van der Waals surface area contributed by atoms with Crippen LogP contribution in [0.2, 0.25) is 10.0 Å². The number of oxime groups is 1. The molecule has 1 aromatic carbocycles. The minimum Gasteiger partial charge on any atom is -0.469 e. The second-order valence-electron chi connectivity index (χ2n) is 7.64. The van der Waals surface area contributed by atoms with Gasteiger partial charge in [-0.2, -0.15) is 0 Å². The number of nitrogens with one attached hydrogen (secondary N) is 1. The minimum absolute atomic E-state index is 0.0267. The topological polar surface area (TPSA) is 81.7 Å². The number of epoxide rings is 1. The molecule has 0 amide bonds. The number of carbonyl (C=O) groups excluding carboxylic acids is 1. The highest BCUT2D eigenvalue weighted by molar-refractivity contribution is 6.35. The number of benzene rings is 1. The first kappa shape index (κ1) is 19.3. The number of hydrogen-bond acceptors (Lipinski definition) is 7. The zero-order valence-corrected chi connectivity index (χ0v) is 17.2. The minimum atomic E-state index is -0.953. The van der Waals surface area contributed by atoms with Crippen LogP contribution in [0, 0.1) is 11.8 Å². The van der Waals surface area contributed by atoms with Crippen LogP contribution in [0.15, 0.2) is 35.5 Å². The number of halogens is 2. The second kappa shape index (κ2) is 7.25. The standard InChI is InChI=1S/C20H20Cl2N2O5/c1-26-19(25)10-2-3-14(8-10)23-18-17(28-18)20-15(4-5-27-20)16(24-29-20)11-6-12(21)9-13(22)7-11/h2-3,6-7,9-10,14-15,17-18,23H,4-5,8H2,1H3/t10-,14+,15+,17?,18?,20+/m1/s1. The Kier molecular flexibility index (Phi) is 4.83. The maximum absolute atomic E-state index is 11.7. The number of methoxy groups -OCH3 is 1. The van der Waals surface area contributed by atoms with E-state index < -0.39 is 5.79 Å². The fourth-order valence-corrected chi connectivity index (χ4v) is 4.96. The molecule has 6 atom stereocenters. The van der Waals surface area contributed by atoms with Gasteiger partial charge in [-0.3, -0.25) is 10.1 Å². The fraction of sp³-hybridized carbons (Fsp3) is 0.500. The van der Waals surface area contributed by atoms with Gasteiger partial charge in [0, 0.05) is 21.7 Å². The van der Waals surface area contributed by atoms with Crippen LogP contribution in [0.5, 0.6) is 0 Å². The Bertz CT molecular complexity index is 887. The van der Waals surface area contributed by atoms with Crippen molar-refractivity contribution in [1.82, 2.24) is 5.32 Å². The normalized spacial score (nSPS) is 37.2. The summed E-state index contributed by atoms with van der Waals surface area (Å²) in [5.41, 5.74) is 1.59. The van der Waals surface area contributed by atoms with Crippen molar-refractivity contribution in [3.63, 3.8) is 0 Å². The molecule has 0 aromatic heterocycles. The number of fused-ring (bicyclic) bond motifs is 1. The Balaban J connectivity index is 1.27. The molecule has 2 saturated heterocycles. The number of ether oxygens (including phenoxy) is 3. The third-order valence-electron chi connectivity index (χ3n) is 5.85. The van der Waals surface area contributed by atoms with Gasteiger partial charge < -0.3 is 19.0 Å². The molecule has 29 heavy (non-hydrogen) atoms. The molecule has 0 saturated carbocycles. The summed E-state index contributed by atoms with van der Waals surface area (Å²) in [5, 5.41) is 8.80. The van der Waals surface area contributed by atoms with Crippen LogP contribution < -0.4 is 5.32 Å². The fourth-order valence-electron chi connectivity index (χ4n) is 4.43. The summed E-state index contributed by atoms with van der Waals surface area (Å²) in [6, 6.07) is 5.36. The van der Waals surface area contributed by atoms with Crippen molar-refractivity contribution in [2.45, 2.75) is 37.0 Å². The highest BCUT2D eigenvalue weighted by Gasteiger charge is 2.68. The molecule has 4 aliphatic rings. The summed E-state index contributed by atoms with van der Waals surface area (Å²) in [6.07, 6.45) is 4.71. The number of esters is 1. The smallest absolute Gasteiger partial charge is 0.312 e. The highest BCUT2D eigenvalue weighted by Crippen LogP contribution is 2.50. The third-order valence-corrected chi connectivity index (χ3v) is 6.29. The predicted octanol–water partition coefficient (Wildman–Crippen LogP) is 2.89. The van der Waals surface area contributed by atoms with Crippen LogP contribution in [0.4, 0.5) is 0 Å². The van der Waals surface area contributed by atoms with E-state index in [0.717, 1.165) is 17.7 Å². The summed E-state index contributed by atoms with van der Waals surface area (Å²) < 4.78 is 16.7. The molecule has 154 valence electrons. The molecule has 0 spiro atoms. The molecule has 1 N–H and O–H groups in total. The summed E-state index contributed by atoms with van der Waals surface area (Å²) in [6.45, 7) is 0.554. The summed E-state index contributed by atoms with van der Waals surface area (Å²) in [7, 11) is 1.40. The van der Waals surface area contributed by atoms with Gasteiger partial charge in [-0.25, -0.2) is 0 Å². The van der Waals surface area contributed by atoms with E-state index in [-0.39, 0.29) is 36.2 Å². The van der Waals surface area contributed by atoms with Crippen molar-refractivity contribution in [2.75, 3.05) is 13.7 Å². The van der Waals surface area contributed by atoms with Gasteiger partial charge in [0.25, 0.3) is 5.79 Å². The van der Waals surface area contributed by atoms with Crippen molar-refractivity contribution < 1.29 is 23.8 Å². The molecule has 2 unspecified atom stereocenters. The van der Waals surface area contributed by atoms with E-state index in [2.05, 4.69) is 10.5 Å². The molecular formula is C20H20Cl2N2O5. The maximum Gasteiger partial charge on any atom is 0.312 e. The van der Waals surface area contributed by atoms with Crippen molar-refractivity contribution in [1.29, 1.82) is 0 Å². The van der Waals surface area contributed by atoms with Crippen molar-refractivity contribution in [3.05, 3.63) is 46.0 Å². The van der Waals surface area contributed by atoms with E-state index in [1.807, 2.05) is 24.3 Å². The summed E-state index contributed by atoms with van der Waals surface area (Å²) >= 11 is 12.3. The largest absolute Gasteiger partial charge is 0.469 e. The van der Waals surface area contributed by atoms with Gasteiger partial charge >= 0.3 is 5.97 Å². The summed E-state index contributed by atoms with van der Waals surface area (Å²) in [5.74, 6) is -1.48. The van der Waals surface area contributed by atoms with E-state index in [1.54, 1.807) is 6.07 Å². The zero-order valence-electron chi connectivity index (χ0n) is 15.6. The average molecular weight is 439 g/mol. The first-order valence-electron chi connectivity index (χ1n) is 9.54. The van der Waals surface area contributed by atoms with Crippen LogP contribution in [0.25, 0.3) is 0 Å². The van der Waals surface area contributed by atoms with E-state index in [0.29, 0.717) is 23.1 Å². The molecule has 1 aliphatic carbocycles. The SMILES string of the molecule is COC(=O)[C@@H]1C=C[C@H](NC2OC2[C@]23OCC[C@H]2C(c2cc(Cl)cc(Cl)c2)=NO3)C1. The lowest BCUT2D eigenvalue weighted by atomic mass is 9.87. The van der Waals surface area contributed by atoms with E-state index in [9.17, 15) is 4.79 Å². The molecule has 9 heteroatoms. The Morgan fingerprint density at radius 1 is 1.28 bits per heavy atom. The molecule has 3 heterocycles. The maximum atomic E-state index is 11.7. The van der Waals surface area contributed by atoms with Crippen LogP contribution in [0.1, 0.15) is 18.4 Å². The zero-order chi connectivity index (χ0) is 20.2. The predicted molar refractivity (Wildman–Crippen MR) is 106 cm³/mol. The highest BCUT2D eigenvalue weighted by atomic mass is 35.5. The lowest BCUT2D eigenvalue weighted by Gasteiger charge is -2.24. The lowest BCUT2D eigenvalue weighted by molar-refractivity contribution is -0.220. The van der Waals surface area contributed by atoms with E-state index >= 15 is 0 Å². The van der Waals surface area contributed by atoms with Crippen molar-refractivity contribution in [3.8, 4) is 0 Å². The number of hydrogen-bond donors (Lipinski definition) is 1. The Morgan fingerprint density at radius 3 is 2.83 bits per heavy atom. The molecular weight excluding hydrogens is 419 g/mol. The molecule has 0 bridgehead atoms. The van der Waals surface area contributed by atoms with E-state index in [1.165, 1.54) is 7.11 Å². The first-order chi connectivity index (χ1) is 14.0. The quantitative estimate of drug-likeness (QED) is 0.432. The van der Waals surface area contributed by atoms with Crippen LogP contribution >= 0.6 is 23.2 Å². The molecule has 1 aromatic rings. The number of nitrogens with zero attached hydrogens (tertiary/aromatic N) is 1. The Morgan fingerprint density at radius 2 is 2.07 bits per heavy atom. The van der Waals surface area contributed by atoms with Gasteiger partial charge in [0.15, 0.2) is 6.10 Å². The van der Waals surface area contributed by atoms with Crippen LogP contribution in [-0.4, -0.2) is 49.6 Å². The Hall–Kier alpha value is -1.64. The van der Waals surface area contributed by atoms with Gasteiger partial charge in [0.05, 0.1) is 31.3 Å². The van der Waals surface area contributed by atoms with Crippen molar-refractivity contribution in [2.24, 2.45) is 17.0 Å².